The normalized spacial score (nSPS) is 18.7. The molecule has 0 aliphatic carbocycles. The fourth-order valence-electron chi connectivity index (χ4n) is 3.00. The number of imide groups is 1. The number of aryl methyl sites for hydroxylation is 1. The zero-order valence-electron chi connectivity index (χ0n) is 15.3. The van der Waals surface area contributed by atoms with E-state index < -0.39 is 34.9 Å². The summed E-state index contributed by atoms with van der Waals surface area (Å²) in [5.74, 6) is -1.11. The minimum absolute atomic E-state index is 0.126. The maximum absolute atomic E-state index is 12.8. The van der Waals surface area contributed by atoms with E-state index in [9.17, 15) is 24.5 Å². The molecule has 9 nitrogen and oxygen atoms in total. The van der Waals surface area contributed by atoms with E-state index in [-0.39, 0.29) is 5.69 Å². The van der Waals surface area contributed by atoms with Crippen molar-refractivity contribution in [1.29, 1.82) is 0 Å². The highest BCUT2D eigenvalue weighted by atomic mass is 16.6. The summed E-state index contributed by atoms with van der Waals surface area (Å²) in [6.07, 6.45) is 0. The van der Waals surface area contributed by atoms with Crippen LogP contribution in [-0.2, 0) is 15.1 Å². The molecule has 144 valence electrons. The van der Waals surface area contributed by atoms with Gasteiger partial charge >= 0.3 is 6.03 Å². The molecule has 0 radical (unpaired) electrons. The number of rotatable bonds is 5. The fraction of sp³-hybridized carbons (Fsp3) is 0.211. The average molecular weight is 382 g/mol. The van der Waals surface area contributed by atoms with Gasteiger partial charge in [-0.05, 0) is 43.2 Å². The van der Waals surface area contributed by atoms with Crippen LogP contribution in [0, 0.1) is 17.0 Å². The average Bonchev–Trinajstić information content (AvgIpc) is 2.88. The number of nitrogens with one attached hydrogen (secondary N) is 2. The molecule has 0 saturated carbocycles. The van der Waals surface area contributed by atoms with Crippen molar-refractivity contribution >= 4 is 29.2 Å². The highest BCUT2D eigenvalue weighted by Gasteiger charge is 2.49. The van der Waals surface area contributed by atoms with E-state index >= 15 is 0 Å². The Morgan fingerprint density at radius 2 is 1.82 bits per heavy atom. The van der Waals surface area contributed by atoms with Crippen LogP contribution in [0.2, 0.25) is 0 Å². The van der Waals surface area contributed by atoms with Crippen LogP contribution in [-0.4, -0.2) is 34.2 Å². The molecule has 1 saturated heterocycles. The molecule has 3 rings (SSSR count). The third-order valence-electron chi connectivity index (χ3n) is 4.65. The van der Waals surface area contributed by atoms with E-state index in [4.69, 9.17) is 0 Å². The van der Waals surface area contributed by atoms with Crippen LogP contribution in [0.3, 0.4) is 0 Å². The molecule has 0 bridgehead atoms. The zero-order chi connectivity index (χ0) is 20.5. The van der Waals surface area contributed by atoms with Gasteiger partial charge < -0.3 is 10.6 Å². The van der Waals surface area contributed by atoms with Gasteiger partial charge in [-0.25, -0.2) is 4.79 Å². The van der Waals surface area contributed by atoms with E-state index in [1.807, 2.05) is 19.1 Å². The molecule has 9 heteroatoms. The van der Waals surface area contributed by atoms with Gasteiger partial charge in [-0.15, -0.1) is 0 Å². The Bertz CT molecular complexity index is 973. The van der Waals surface area contributed by atoms with E-state index in [0.29, 0.717) is 11.3 Å². The molecule has 0 aromatic heterocycles. The zero-order valence-corrected chi connectivity index (χ0v) is 15.3. The van der Waals surface area contributed by atoms with Gasteiger partial charge in [0, 0.05) is 17.8 Å². The third kappa shape index (κ3) is 3.41. The Morgan fingerprint density at radius 1 is 1.18 bits per heavy atom. The summed E-state index contributed by atoms with van der Waals surface area (Å²) in [6, 6.07) is 11.8. The van der Waals surface area contributed by atoms with Crippen molar-refractivity contribution < 1.29 is 19.3 Å². The van der Waals surface area contributed by atoms with Gasteiger partial charge in [0.2, 0.25) is 5.91 Å². The van der Waals surface area contributed by atoms with Gasteiger partial charge in [-0.1, -0.05) is 18.2 Å². The van der Waals surface area contributed by atoms with Crippen molar-refractivity contribution in [3.63, 3.8) is 0 Å². The van der Waals surface area contributed by atoms with Gasteiger partial charge in [-0.3, -0.25) is 24.6 Å². The Kier molecular flexibility index (Phi) is 4.83. The minimum atomic E-state index is -1.41. The predicted octanol–water partition coefficient (Wildman–Crippen LogP) is 2.31. The van der Waals surface area contributed by atoms with Gasteiger partial charge in [0.05, 0.1) is 4.92 Å². The number of hydrogen-bond acceptors (Lipinski definition) is 5. The van der Waals surface area contributed by atoms with Crippen molar-refractivity contribution in [2.24, 2.45) is 0 Å². The van der Waals surface area contributed by atoms with Gasteiger partial charge in [0.25, 0.3) is 11.6 Å². The largest absolute Gasteiger partial charge is 0.325 e. The summed E-state index contributed by atoms with van der Waals surface area (Å²) in [6.45, 7) is 2.88. The second-order valence-corrected chi connectivity index (χ2v) is 6.61. The van der Waals surface area contributed by atoms with Crippen LogP contribution in [0.4, 0.5) is 16.2 Å². The number of carbonyl (C=O) groups is 3. The SMILES string of the molecule is Cc1ccccc1NC(=O)CN1C(=O)N[C@](C)(c2ccc([N+](=O)[O-])cc2)C1=O. The topological polar surface area (TPSA) is 122 Å². The number of hydrogen-bond donors (Lipinski definition) is 2. The number of non-ortho nitro benzene ring substituents is 1. The first-order valence-corrected chi connectivity index (χ1v) is 8.47. The molecule has 0 spiro atoms. The first kappa shape index (κ1) is 19.0. The van der Waals surface area contributed by atoms with Crippen molar-refractivity contribution in [1.82, 2.24) is 10.2 Å². The molecule has 1 atom stereocenters. The summed E-state index contributed by atoms with van der Waals surface area (Å²) in [5.41, 5.74) is 0.299. The molecular weight excluding hydrogens is 364 g/mol. The molecule has 2 N–H and O–H groups in total. The second-order valence-electron chi connectivity index (χ2n) is 6.61. The number of para-hydroxylation sites is 1. The summed E-state index contributed by atoms with van der Waals surface area (Å²) in [7, 11) is 0. The summed E-state index contributed by atoms with van der Waals surface area (Å²) >= 11 is 0. The maximum Gasteiger partial charge on any atom is 0.325 e. The monoisotopic (exact) mass is 382 g/mol. The summed E-state index contributed by atoms with van der Waals surface area (Å²) in [5, 5.41) is 16.0. The van der Waals surface area contributed by atoms with Crippen LogP contribution < -0.4 is 10.6 Å². The minimum Gasteiger partial charge on any atom is -0.324 e. The fourth-order valence-corrected chi connectivity index (χ4v) is 3.00. The second kappa shape index (κ2) is 7.10. The molecule has 2 aromatic carbocycles. The molecule has 28 heavy (non-hydrogen) atoms. The van der Waals surface area contributed by atoms with E-state index in [0.717, 1.165) is 10.5 Å². The molecule has 1 heterocycles. The van der Waals surface area contributed by atoms with Gasteiger partial charge in [0.1, 0.15) is 12.1 Å². The lowest BCUT2D eigenvalue weighted by molar-refractivity contribution is -0.384. The van der Waals surface area contributed by atoms with Crippen molar-refractivity contribution in [3.05, 3.63) is 69.8 Å². The lowest BCUT2D eigenvalue weighted by Gasteiger charge is -2.22. The molecule has 1 aliphatic heterocycles. The van der Waals surface area contributed by atoms with Crippen molar-refractivity contribution in [3.8, 4) is 0 Å². The molecule has 0 unspecified atom stereocenters. The first-order valence-electron chi connectivity index (χ1n) is 8.47. The van der Waals surface area contributed by atoms with Gasteiger partial charge in [-0.2, -0.15) is 0 Å². The van der Waals surface area contributed by atoms with Gasteiger partial charge in [0.15, 0.2) is 0 Å². The number of nitro benzene ring substituents is 1. The lowest BCUT2D eigenvalue weighted by Crippen LogP contribution is -2.42. The number of urea groups is 1. The van der Waals surface area contributed by atoms with E-state index in [2.05, 4.69) is 10.6 Å². The summed E-state index contributed by atoms with van der Waals surface area (Å²) in [4.78, 5) is 48.5. The number of carbonyl (C=O) groups excluding carboxylic acids is 3. The van der Waals surface area contributed by atoms with Crippen LogP contribution >= 0.6 is 0 Å². The highest BCUT2D eigenvalue weighted by Crippen LogP contribution is 2.30. The lowest BCUT2D eigenvalue weighted by atomic mass is 9.92. The molecule has 2 aromatic rings. The number of nitrogens with zero attached hydrogens (tertiary/aromatic N) is 2. The Morgan fingerprint density at radius 3 is 2.43 bits per heavy atom. The van der Waals surface area contributed by atoms with Crippen LogP contribution in [0.5, 0.6) is 0 Å². The smallest absolute Gasteiger partial charge is 0.324 e. The Hall–Kier alpha value is -3.75. The number of benzene rings is 2. The number of anilines is 1. The van der Waals surface area contributed by atoms with Crippen LogP contribution in [0.25, 0.3) is 0 Å². The Labute approximate surface area is 160 Å². The highest BCUT2D eigenvalue weighted by molar-refractivity contribution is 6.10. The quantitative estimate of drug-likeness (QED) is 0.467. The number of amides is 4. The Balaban J connectivity index is 1.76. The predicted molar refractivity (Wildman–Crippen MR) is 101 cm³/mol. The maximum atomic E-state index is 12.8. The molecule has 4 amide bonds. The van der Waals surface area contributed by atoms with Crippen LogP contribution in [0.1, 0.15) is 18.1 Å². The van der Waals surface area contributed by atoms with Crippen molar-refractivity contribution in [2.75, 3.05) is 11.9 Å². The third-order valence-corrected chi connectivity index (χ3v) is 4.65. The van der Waals surface area contributed by atoms with Crippen molar-refractivity contribution in [2.45, 2.75) is 19.4 Å². The van der Waals surface area contributed by atoms with E-state index in [1.54, 1.807) is 12.1 Å². The summed E-state index contributed by atoms with van der Waals surface area (Å²) < 4.78 is 0. The van der Waals surface area contributed by atoms with E-state index in [1.165, 1.54) is 31.2 Å². The molecule has 1 aliphatic rings. The standard InChI is InChI=1S/C19H18N4O5/c1-12-5-3-4-6-15(12)20-16(24)11-22-17(25)19(2,21-18(22)26)13-7-9-14(10-8-13)23(27)28/h3-10H,11H2,1-2H3,(H,20,24)(H,21,26)/t19-/m1/s1. The number of nitro groups is 1. The van der Waals surface area contributed by atoms with Crippen LogP contribution in [0.15, 0.2) is 48.5 Å². The first-order chi connectivity index (χ1) is 13.2. The molecule has 1 fully saturated rings. The molecular formula is C19H18N4O5.